The van der Waals surface area contributed by atoms with E-state index in [4.69, 9.17) is 20.8 Å². The Balaban J connectivity index is 1.74. The molecule has 7 nitrogen and oxygen atoms in total. The van der Waals surface area contributed by atoms with Crippen LogP contribution in [0.5, 0.6) is 5.75 Å². The fourth-order valence-corrected chi connectivity index (χ4v) is 2.79. The van der Waals surface area contributed by atoms with E-state index >= 15 is 0 Å². The average Bonchev–Trinajstić information content (AvgIpc) is 3.17. The van der Waals surface area contributed by atoms with Gasteiger partial charge in [0.1, 0.15) is 5.56 Å². The van der Waals surface area contributed by atoms with E-state index < -0.39 is 11.4 Å². The molecule has 0 aliphatic carbocycles. The minimum Gasteiger partial charge on any atom is -0.493 e. The molecule has 2 aromatic heterocycles. The van der Waals surface area contributed by atoms with Crippen molar-refractivity contribution in [2.24, 2.45) is 0 Å². The number of para-hydroxylation sites is 1. The van der Waals surface area contributed by atoms with Crippen molar-refractivity contribution in [2.75, 3.05) is 7.11 Å². The Bertz CT molecular complexity index is 1210. The first-order chi connectivity index (χ1) is 13.1. The van der Waals surface area contributed by atoms with E-state index in [0.717, 1.165) is 0 Å². The van der Waals surface area contributed by atoms with E-state index in [0.29, 0.717) is 21.8 Å². The maximum absolute atomic E-state index is 12.7. The fraction of sp³-hybridized carbons (Fsp3) is 0.0526. The Morgan fingerprint density at radius 3 is 2.70 bits per heavy atom. The molecule has 0 atom stereocenters. The average molecular weight is 382 g/mol. The molecule has 0 amide bonds. The van der Waals surface area contributed by atoms with E-state index in [1.54, 1.807) is 42.5 Å². The molecular formula is C19H12ClN3O4. The summed E-state index contributed by atoms with van der Waals surface area (Å²) in [5.41, 5.74) is 0.101. The summed E-state index contributed by atoms with van der Waals surface area (Å²) in [6.07, 6.45) is 1.45. The number of carbonyl (C=O) groups is 1. The molecule has 0 aliphatic rings. The summed E-state index contributed by atoms with van der Waals surface area (Å²) in [4.78, 5) is 25.1. The highest BCUT2D eigenvalue weighted by Crippen LogP contribution is 2.25. The second kappa shape index (κ2) is 6.69. The highest BCUT2D eigenvalue weighted by Gasteiger charge is 2.20. The third kappa shape index (κ3) is 3.09. The highest BCUT2D eigenvalue weighted by atomic mass is 35.5. The third-order valence-corrected chi connectivity index (χ3v) is 4.26. The van der Waals surface area contributed by atoms with Crippen LogP contribution in [0.1, 0.15) is 16.1 Å². The van der Waals surface area contributed by atoms with Crippen LogP contribution in [0, 0.1) is 0 Å². The lowest BCUT2D eigenvalue weighted by molar-refractivity contribution is 0.103. The van der Waals surface area contributed by atoms with Crippen molar-refractivity contribution >= 4 is 28.4 Å². The predicted molar refractivity (Wildman–Crippen MR) is 98.8 cm³/mol. The molecule has 0 unspecified atom stereocenters. The van der Waals surface area contributed by atoms with Gasteiger partial charge in [-0.25, -0.2) is 9.48 Å². The fourth-order valence-electron chi connectivity index (χ4n) is 2.66. The summed E-state index contributed by atoms with van der Waals surface area (Å²) < 4.78 is 11.9. The number of ether oxygens (including phenoxy) is 1. The Hall–Kier alpha value is -3.45. The molecule has 4 aromatic rings. The number of hydrogen-bond donors (Lipinski definition) is 0. The van der Waals surface area contributed by atoms with Gasteiger partial charge in [-0.2, -0.15) is 0 Å². The maximum Gasteiger partial charge on any atom is 0.347 e. The van der Waals surface area contributed by atoms with Crippen molar-refractivity contribution in [3.8, 4) is 11.4 Å². The summed E-state index contributed by atoms with van der Waals surface area (Å²) in [6.45, 7) is 0. The molecule has 2 aromatic carbocycles. The van der Waals surface area contributed by atoms with Crippen LogP contribution in [0.3, 0.4) is 0 Å². The zero-order valence-electron chi connectivity index (χ0n) is 14.0. The van der Waals surface area contributed by atoms with E-state index in [2.05, 4.69) is 10.3 Å². The first-order valence-electron chi connectivity index (χ1n) is 7.90. The number of fused-ring (bicyclic) bond motifs is 1. The number of aromatic nitrogens is 3. The molecule has 0 aliphatic heterocycles. The van der Waals surface area contributed by atoms with Gasteiger partial charge in [-0.3, -0.25) is 4.79 Å². The number of hydrogen-bond acceptors (Lipinski definition) is 6. The number of carbonyl (C=O) groups excluding carboxylic acids is 1. The van der Waals surface area contributed by atoms with Gasteiger partial charge in [0.25, 0.3) is 0 Å². The SMILES string of the molecule is COc1cccc2cc(C(=O)c3cn(-c4ccc(Cl)cc4)nn3)c(=O)oc12. The van der Waals surface area contributed by atoms with E-state index in [9.17, 15) is 9.59 Å². The monoisotopic (exact) mass is 381 g/mol. The standard InChI is InChI=1S/C19H12ClN3O4/c1-26-16-4-2-3-11-9-14(19(25)27-18(11)16)17(24)15-10-23(22-21-15)13-7-5-12(20)6-8-13/h2-10H,1H3. The van der Waals surface area contributed by atoms with Crippen LogP contribution in [-0.2, 0) is 0 Å². The Morgan fingerprint density at radius 2 is 1.96 bits per heavy atom. The molecular weight excluding hydrogens is 370 g/mol. The van der Waals surface area contributed by atoms with Crippen LogP contribution in [0.15, 0.2) is 63.9 Å². The Labute approximate surface area is 157 Å². The van der Waals surface area contributed by atoms with Crippen molar-refractivity contribution in [3.05, 3.63) is 81.4 Å². The number of rotatable bonds is 4. The topological polar surface area (TPSA) is 87.2 Å². The molecule has 134 valence electrons. The molecule has 0 saturated carbocycles. The Kier molecular flexibility index (Phi) is 4.21. The van der Waals surface area contributed by atoms with E-state index in [1.165, 1.54) is 24.1 Å². The van der Waals surface area contributed by atoms with Gasteiger partial charge in [0.15, 0.2) is 17.0 Å². The van der Waals surface area contributed by atoms with Crippen LogP contribution in [0.25, 0.3) is 16.7 Å². The first-order valence-corrected chi connectivity index (χ1v) is 8.28. The summed E-state index contributed by atoms with van der Waals surface area (Å²) >= 11 is 5.87. The summed E-state index contributed by atoms with van der Waals surface area (Å²) in [5, 5.41) is 8.96. The molecule has 8 heteroatoms. The van der Waals surface area contributed by atoms with Gasteiger partial charge in [0.2, 0.25) is 5.78 Å². The molecule has 2 heterocycles. The summed E-state index contributed by atoms with van der Waals surface area (Å²) in [5.74, 6) is -0.161. The van der Waals surface area contributed by atoms with Crippen molar-refractivity contribution in [2.45, 2.75) is 0 Å². The van der Waals surface area contributed by atoms with Gasteiger partial charge < -0.3 is 9.15 Å². The minimum absolute atomic E-state index is 0.0273. The zero-order valence-corrected chi connectivity index (χ0v) is 14.8. The van der Waals surface area contributed by atoms with E-state index in [1.807, 2.05) is 0 Å². The zero-order chi connectivity index (χ0) is 19.0. The second-order valence-corrected chi connectivity index (χ2v) is 6.12. The van der Waals surface area contributed by atoms with Crippen LogP contribution in [0.2, 0.25) is 5.02 Å². The maximum atomic E-state index is 12.7. The van der Waals surface area contributed by atoms with Crippen molar-refractivity contribution in [1.82, 2.24) is 15.0 Å². The van der Waals surface area contributed by atoms with Crippen molar-refractivity contribution in [1.29, 1.82) is 0 Å². The predicted octanol–water partition coefficient (Wildman–Crippen LogP) is 3.27. The van der Waals surface area contributed by atoms with Gasteiger partial charge >= 0.3 is 5.63 Å². The van der Waals surface area contributed by atoms with Crippen LogP contribution in [-0.4, -0.2) is 27.9 Å². The van der Waals surface area contributed by atoms with Crippen LogP contribution < -0.4 is 10.4 Å². The normalized spacial score (nSPS) is 10.9. The van der Waals surface area contributed by atoms with Crippen LogP contribution >= 0.6 is 11.6 Å². The number of methoxy groups -OCH3 is 1. The smallest absolute Gasteiger partial charge is 0.347 e. The summed E-state index contributed by atoms with van der Waals surface area (Å²) in [6, 6.07) is 13.5. The quantitative estimate of drug-likeness (QED) is 0.398. The second-order valence-electron chi connectivity index (χ2n) is 5.68. The van der Waals surface area contributed by atoms with Crippen LogP contribution in [0.4, 0.5) is 0 Å². The summed E-state index contributed by atoms with van der Waals surface area (Å²) in [7, 11) is 1.48. The lowest BCUT2D eigenvalue weighted by Crippen LogP contribution is -2.15. The van der Waals surface area contributed by atoms with Crippen molar-refractivity contribution < 1.29 is 13.9 Å². The number of halogens is 1. The molecule has 0 spiro atoms. The van der Waals surface area contributed by atoms with Gasteiger partial charge in [-0.1, -0.05) is 28.9 Å². The lowest BCUT2D eigenvalue weighted by Gasteiger charge is -2.04. The van der Waals surface area contributed by atoms with Gasteiger partial charge in [0.05, 0.1) is 19.0 Å². The molecule has 0 fully saturated rings. The van der Waals surface area contributed by atoms with Crippen molar-refractivity contribution in [3.63, 3.8) is 0 Å². The minimum atomic E-state index is -0.766. The largest absolute Gasteiger partial charge is 0.493 e. The molecule has 0 N–H and O–H groups in total. The number of nitrogens with zero attached hydrogens (tertiary/aromatic N) is 3. The first kappa shape index (κ1) is 17.0. The molecule has 0 bridgehead atoms. The molecule has 4 rings (SSSR count). The van der Waals surface area contributed by atoms with Gasteiger partial charge in [0, 0.05) is 10.4 Å². The highest BCUT2D eigenvalue weighted by molar-refractivity contribution is 6.30. The van der Waals surface area contributed by atoms with Gasteiger partial charge in [-0.15, -0.1) is 5.10 Å². The lowest BCUT2D eigenvalue weighted by atomic mass is 10.1. The molecule has 0 radical (unpaired) electrons. The van der Waals surface area contributed by atoms with Gasteiger partial charge in [-0.05, 0) is 36.4 Å². The van der Waals surface area contributed by atoms with E-state index in [-0.39, 0.29) is 16.8 Å². The molecule has 0 saturated heterocycles. The third-order valence-electron chi connectivity index (χ3n) is 4.01. The number of benzene rings is 2. The molecule has 27 heavy (non-hydrogen) atoms. The number of ketones is 1. The Morgan fingerprint density at radius 1 is 1.19 bits per heavy atom.